The van der Waals surface area contributed by atoms with Crippen LogP contribution in [0.5, 0.6) is 5.75 Å². The number of fused-ring (bicyclic) bond motifs is 1. The van der Waals surface area contributed by atoms with Gasteiger partial charge in [-0.1, -0.05) is 0 Å². The fourth-order valence-electron chi connectivity index (χ4n) is 2.61. The number of carbonyl (C=O) groups is 1. The third-order valence-corrected chi connectivity index (χ3v) is 3.65. The zero-order valence-electron chi connectivity index (χ0n) is 11.7. The van der Waals surface area contributed by atoms with Crippen molar-refractivity contribution >= 4 is 11.6 Å². The predicted molar refractivity (Wildman–Crippen MR) is 77.2 cm³/mol. The second-order valence-electron chi connectivity index (χ2n) is 4.91. The number of rotatable bonds is 2. The van der Waals surface area contributed by atoms with Gasteiger partial charge in [-0.2, -0.15) is 0 Å². The largest absolute Gasteiger partial charge is 0.497 e. The molecule has 1 aromatic heterocycles. The number of nitrogens with zero attached hydrogens (tertiary/aromatic N) is 2. The molecular formula is C16H15FN2O2. The maximum atomic E-state index is 13.8. The van der Waals surface area contributed by atoms with Gasteiger partial charge in [0.1, 0.15) is 5.75 Å². The third-order valence-electron chi connectivity index (χ3n) is 3.65. The average Bonchev–Trinajstić information content (AvgIpc) is 2.53. The molecule has 0 fully saturated rings. The van der Waals surface area contributed by atoms with Gasteiger partial charge in [0.15, 0.2) is 5.82 Å². The van der Waals surface area contributed by atoms with Crippen molar-refractivity contribution in [3.05, 3.63) is 53.6 Å². The van der Waals surface area contributed by atoms with Gasteiger partial charge in [-0.3, -0.25) is 9.78 Å². The van der Waals surface area contributed by atoms with Crippen LogP contribution in [-0.4, -0.2) is 24.5 Å². The fourth-order valence-corrected chi connectivity index (χ4v) is 2.61. The lowest BCUT2D eigenvalue weighted by atomic mass is 10.0. The van der Waals surface area contributed by atoms with E-state index < -0.39 is 5.82 Å². The van der Waals surface area contributed by atoms with Crippen LogP contribution < -0.4 is 9.64 Å². The smallest absolute Gasteiger partial charge is 0.261 e. The van der Waals surface area contributed by atoms with E-state index in [0.29, 0.717) is 6.54 Å². The first-order valence-electron chi connectivity index (χ1n) is 6.79. The maximum absolute atomic E-state index is 13.8. The lowest BCUT2D eigenvalue weighted by Crippen LogP contribution is -2.36. The van der Waals surface area contributed by atoms with E-state index in [4.69, 9.17) is 4.74 Å². The van der Waals surface area contributed by atoms with Gasteiger partial charge in [0, 0.05) is 18.4 Å². The fraction of sp³-hybridized carbons (Fsp3) is 0.250. The molecule has 1 amide bonds. The standard InChI is InChI=1S/C16H15FN2O2/c1-21-12-4-5-15-11(9-12)3-2-8-19(15)16(20)13-6-7-18-10-14(13)17/h4-7,9-10H,2-3,8H2,1H3. The summed E-state index contributed by atoms with van der Waals surface area (Å²) in [5.41, 5.74) is 1.92. The molecule has 4 nitrogen and oxygen atoms in total. The summed E-state index contributed by atoms with van der Waals surface area (Å²) >= 11 is 0. The molecular weight excluding hydrogens is 271 g/mol. The number of hydrogen-bond donors (Lipinski definition) is 0. The van der Waals surface area contributed by atoms with Gasteiger partial charge in [-0.25, -0.2) is 4.39 Å². The monoisotopic (exact) mass is 286 g/mol. The molecule has 2 aromatic rings. The summed E-state index contributed by atoms with van der Waals surface area (Å²) in [6.45, 7) is 0.583. The van der Waals surface area contributed by atoms with Crippen LogP contribution in [0, 0.1) is 5.82 Å². The summed E-state index contributed by atoms with van der Waals surface area (Å²) < 4.78 is 19.0. The molecule has 0 radical (unpaired) electrons. The van der Waals surface area contributed by atoms with Crippen molar-refractivity contribution in [1.29, 1.82) is 0 Å². The second kappa shape index (κ2) is 5.52. The first-order chi connectivity index (χ1) is 10.2. The minimum Gasteiger partial charge on any atom is -0.497 e. The third kappa shape index (κ3) is 2.46. The Balaban J connectivity index is 1.99. The minimum atomic E-state index is -0.594. The molecule has 108 valence electrons. The molecule has 1 aliphatic rings. The number of carbonyl (C=O) groups excluding carboxylic acids is 1. The van der Waals surface area contributed by atoms with Gasteiger partial charge in [0.05, 0.1) is 18.9 Å². The van der Waals surface area contributed by atoms with Gasteiger partial charge < -0.3 is 9.64 Å². The van der Waals surface area contributed by atoms with E-state index >= 15 is 0 Å². The molecule has 1 aromatic carbocycles. The highest BCUT2D eigenvalue weighted by Crippen LogP contribution is 2.31. The van der Waals surface area contributed by atoms with E-state index in [-0.39, 0.29) is 11.5 Å². The van der Waals surface area contributed by atoms with Crippen molar-refractivity contribution in [3.63, 3.8) is 0 Å². The normalized spacial score (nSPS) is 13.7. The quantitative estimate of drug-likeness (QED) is 0.852. The molecule has 21 heavy (non-hydrogen) atoms. The Hall–Kier alpha value is -2.43. The number of halogens is 1. The molecule has 0 saturated heterocycles. The Labute approximate surface area is 122 Å². The zero-order chi connectivity index (χ0) is 14.8. The Morgan fingerprint density at radius 3 is 3.00 bits per heavy atom. The lowest BCUT2D eigenvalue weighted by Gasteiger charge is -2.29. The highest BCUT2D eigenvalue weighted by molar-refractivity contribution is 6.06. The lowest BCUT2D eigenvalue weighted by molar-refractivity contribution is 0.0981. The van der Waals surface area contributed by atoms with Crippen molar-refractivity contribution in [2.45, 2.75) is 12.8 Å². The van der Waals surface area contributed by atoms with E-state index in [0.717, 1.165) is 36.0 Å². The van der Waals surface area contributed by atoms with Crippen LogP contribution in [0.25, 0.3) is 0 Å². The second-order valence-corrected chi connectivity index (χ2v) is 4.91. The summed E-state index contributed by atoms with van der Waals surface area (Å²) in [4.78, 5) is 17.9. The number of amides is 1. The summed E-state index contributed by atoms with van der Waals surface area (Å²) in [5.74, 6) is -0.165. The average molecular weight is 286 g/mol. The van der Waals surface area contributed by atoms with E-state index in [1.54, 1.807) is 12.0 Å². The highest BCUT2D eigenvalue weighted by atomic mass is 19.1. The van der Waals surface area contributed by atoms with Gasteiger partial charge in [0.2, 0.25) is 0 Å². The van der Waals surface area contributed by atoms with E-state index in [1.807, 2.05) is 18.2 Å². The molecule has 0 aliphatic carbocycles. The molecule has 0 N–H and O–H groups in total. The summed E-state index contributed by atoms with van der Waals surface area (Å²) in [7, 11) is 1.61. The van der Waals surface area contributed by atoms with E-state index in [1.165, 1.54) is 12.3 Å². The Morgan fingerprint density at radius 1 is 1.38 bits per heavy atom. The molecule has 0 bridgehead atoms. The van der Waals surface area contributed by atoms with Gasteiger partial charge >= 0.3 is 0 Å². The predicted octanol–water partition coefficient (Wildman–Crippen LogP) is 2.82. The first-order valence-corrected chi connectivity index (χ1v) is 6.79. The number of methoxy groups -OCH3 is 1. The molecule has 5 heteroatoms. The van der Waals surface area contributed by atoms with E-state index in [9.17, 15) is 9.18 Å². The molecule has 0 spiro atoms. The minimum absolute atomic E-state index is 0.0497. The summed E-state index contributed by atoms with van der Waals surface area (Å²) in [6.07, 6.45) is 4.22. The molecule has 3 rings (SSSR count). The SMILES string of the molecule is COc1ccc2c(c1)CCCN2C(=O)c1ccncc1F. The Morgan fingerprint density at radius 2 is 2.24 bits per heavy atom. The summed E-state index contributed by atoms with van der Waals surface area (Å²) in [6, 6.07) is 7.00. The topological polar surface area (TPSA) is 42.4 Å². The van der Waals surface area contributed by atoms with Crippen molar-refractivity contribution in [2.24, 2.45) is 0 Å². The van der Waals surface area contributed by atoms with Crippen molar-refractivity contribution in [1.82, 2.24) is 4.98 Å². The molecule has 1 aliphatic heterocycles. The number of benzene rings is 1. The molecule has 2 heterocycles. The Bertz CT molecular complexity index is 688. The van der Waals surface area contributed by atoms with Crippen LogP contribution in [0.15, 0.2) is 36.7 Å². The molecule has 0 saturated carbocycles. The van der Waals surface area contributed by atoms with Crippen LogP contribution in [0.2, 0.25) is 0 Å². The van der Waals surface area contributed by atoms with Crippen LogP contribution in [0.4, 0.5) is 10.1 Å². The molecule has 0 unspecified atom stereocenters. The number of pyridine rings is 1. The van der Waals surface area contributed by atoms with Crippen LogP contribution in [-0.2, 0) is 6.42 Å². The number of ether oxygens (including phenoxy) is 1. The van der Waals surface area contributed by atoms with Crippen LogP contribution in [0.1, 0.15) is 22.3 Å². The zero-order valence-corrected chi connectivity index (χ0v) is 11.7. The maximum Gasteiger partial charge on any atom is 0.261 e. The van der Waals surface area contributed by atoms with Gasteiger partial charge in [-0.15, -0.1) is 0 Å². The van der Waals surface area contributed by atoms with Crippen molar-refractivity contribution in [2.75, 3.05) is 18.6 Å². The number of aryl methyl sites for hydroxylation is 1. The highest BCUT2D eigenvalue weighted by Gasteiger charge is 2.25. The van der Waals surface area contributed by atoms with Crippen LogP contribution in [0.3, 0.4) is 0 Å². The van der Waals surface area contributed by atoms with Gasteiger partial charge in [-0.05, 0) is 42.7 Å². The van der Waals surface area contributed by atoms with Crippen molar-refractivity contribution < 1.29 is 13.9 Å². The number of aromatic nitrogens is 1. The number of anilines is 1. The van der Waals surface area contributed by atoms with E-state index in [2.05, 4.69) is 4.98 Å². The summed E-state index contributed by atoms with van der Waals surface area (Å²) in [5, 5.41) is 0. The van der Waals surface area contributed by atoms with Crippen molar-refractivity contribution in [3.8, 4) is 5.75 Å². The van der Waals surface area contributed by atoms with Gasteiger partial charge in [0.25, 0.3) is 5.91 Å². The number of hydrogen-bond acceptors (Lipinski definition) is 3. The molecule has 0 atom stereocenters. The Kier molecular flexibility index (Phi) is 3.56. The first kappa shape index (κ1) is 13.5. The van der Waals surface area contributed by atoms with Crippen LogP contribution >= 0.6 is 0 Å².